The third-order valence-corrected chi connectivity index (χ3v) is 4.53. The maximum absolute atomic E-state index is 12.4. The van der Waals surface area contributed by atoms with Crippen LogP contribution >= 0.6 is 12.4 Å². The predicted octanol–water partition coefficient (Wildman–Crippen LogP) is 2.71. The molecule has 0 aromatic heterocycles. The zero-order valence-electron chi connectivity index (χ0n) is 14.8. The van der Waals surface area contributed by atoms with Gasteiger partial charge in [-0.15, -0.1) is 12.4 Å². The molecule has 0 radical (unpaired) electrons. The molecule has 1 heterocycles. The molecule has 1 unspecified atom stereocenters. The fourth-order valence-corrected chi connectivity index (χ4v) is 3.02. The van der Waals surface area contributed by atoms with Crippen molar-refractivity contribution in [3.63, 3.8) is 0 Å². The maximum atomic E-state index is 12.4. The molecule has 2 amide bonds. The molecule has 1 fully saturated rings. The molecule has 5 nitrogen and oxygen atoms in total. The van der Waals surface area contributed by atoms with Crippen LogP contribution in [0.15, 0.2) is 48.5 Å². The molecule has 0 aliphatic carbocycles. The number of carbonyl (C=O) groups is 2. The monoisotopic (exact) mass is 373 g/mol. The summed E-state index contributed by atoms with van der Waals surface area (Å²) in [5, 5.41) is 2.94. The van der Waals surface area contributed by atoms with Crippen molar-refractivity contribution in [3.8, 4) is 0 Å². The quantitative estimate of drug-likeness (QED) is 0.791. The van der Waals surface area contributed by atoms with E-state index >= 15 is 0 Å². The number of benzene rings is 2. The minimum Gasteiger partial charge on any atom is -0.399 e. The third kappa shape index (κ3) is 4.76. The van der Waals surface area contributed by atoms with Gasteiger partial charge in [0.15, 0.2) is 0 Å². The number of nitrogens with one attached hydrogen (secondary N) is 1. The fourth-order valence-electron chi connectivity index (χ4n) is 3.02. The lowest BCUT2D eigenvalue weighted by molar-refractivity contribution is -0.126. The summed E-state index contributed by atoms with van der Waals surface area (Å²) in [7, 11) is 0. The number of hydrogen-bond donors (Lipinski definition) is 2. The van der Waals surface area contributed by atoms with E-state index in [9.17, 15) is 9.59 Å². The lowest BCUT2D eigenvalue weighted by atomic mass is 10.1. The van der Waals surface area contributed by atoms with Gasteiger partial charge in [0.25, 0.3) is 0 Å². The zero-order chi connectivity index (χ0) is 17.8. The SMILES string of the molecule is Cc1ccc(N2CC(C(=O)NCCc3ccc(N)cc3)CC2=O)cc1.Cl. The Morgan fingerprint density at radius 2 is 1.81 bits per heavy atom. The Labute approximate surface area is 160 Å². The molecule has 0 bridgehead atoms. The molecule has 1 aliphatic heterocycles. The van der Waals surface area contributed by atoms with Crippen molar-refractivity contribution < 1.29 is 9.59 Å². The molecule has 1 aliphatic rings. The van der Waals surface area contributed by atoms with E-state index in [1.807, 2.05) is 55.5 Å². The van der Waals surface area contributed by atoms with Crippen LogP contribution in [0, 0.1) is 12.8 Å². The van der Waals surface area contributed by atoms with Gasteiger partial charge in [-0.3, -0.25) is 9.59 Å². The van der Waals surface area contributed by atoms with E-state index in [2.05, 4.69) is 5.32 Å². The van der Waals surface area contributed by atoms with Crippen molar-refractivity contribution in [1.82, 2.24) is 5.32 Å². The number of nitrogens with two attached hydrogens (primary N) is 1. The van der Waals surface area contributed by atoms with Crippen LogP contribution in [0.4, 0.5) is 11.4 Å². The van der Waals surface area contributed by atoms with Gasteiger partial charge in [0, 0.05) is 30.9 Å². The van der Waals surface area contributed by atoms with Crippen molar-refractivity contribution in [2.45, 2.75) is 19.8 Å². The Morgan fingerprint density at radius 3 is 2.46 bits per heavy atom. The first kappa shape index (κ1) is 19.8. The predicted molar refractivity (Wildman–Crippen MR) is 106 cm³/mol. The second kappa shape index (κ2) is 8.72. The first-order chi connectivity index (χ1) is 12.0. The summed E-state index contributed by atoms with van der Waals surface area (Å²) in [4.78, 5) is 26.3. The molecular formula is C20H24ClN3O2. The summed E-state index contributed by atoms with van der Waals surface area (Å²) >= 11 is 0. The van der Waals surface area contributed by atoms with Crippen molar-refractivity contribution >= 4 is 35.6 Å². The Kier molecular flexibility index (Phi) is 6.64. The number of carbonyl (C=O) groups excluding carboxylic acids is 2. The van der Waals surface area contributed by atoms with Crippen LogP contribution < -0.4 is 16.0 Å². The van der Waals surface area contributed by atoms with Crippen LogP contribution in [0.25, 0.3) is 0 Å². The average Bonchev–Trinajstić information content (AvgIpc) is 2.99. The first-order valence-corrected chi connectivity index (χ1v) is 8.52. The van der Waals surface area contributed by atoms with Crippen LogP contribution in [0.3, 0.4) is 0 Å². The number of amides is 2. The lowest BCUT2D eigenvalue weighted by Crippen LogP contribution is -2.34. The summed E-state index contributed by atoms with van der Waals surface area (Å²) in [6.07, 6.45) is 1.01. The van der Waals surface area contributed by atoms with E-state index < -0.39 is 0 Å². The highest BCUT2D eigenvalue weighted by Crippen LogP contribution is 2.25. The molecule has 0 spiro atoms. The summed E-state index contributed by atoms with van der Waals surface area (Å²) in [6, 6.07) is 15.4. The van der Waals surface area contributed by atoms with Gasteiger partial charge < -0.3 is 16.0 Å². The average molecular weight is 374 g/mol. The molecule has 2 aromatic carbocycles. The maximum Gasteiger partial charge on any atom is 0.227 e. The highest BCUT2D eigenvalue weighted by Gasteiger charge is 2.34. The first-order valence-electron chi connectivity index (χ1n) is 8.52. The molecule has 2 aromatic rings. The van der Waals surface area contributed by atoms with Gasteiger partial charge in [-0.2, -0.15) is 0 Å². The molecule has 138 valence electrons. The largest absolute Gasteiger partial charge is 0.399 e. The second-order valence-electron chi connectivity index (χ2n) is 6.52. The molecular weight excluding hydrogens is 350 g/mol. The smallest absolute Gasteiger partial charge is 0.227 e. The Morgan fingerprint density at radius 1 is 1.15 bits per heavy atom. The molecule has 1 atom stereocenters. The molecule has 6 heteroatoms. The van der Waals surface area contributed by atoms with Gasteiger partial charge in [-0.25, -0.2) is 0 Å². The second-order valence-corrected chi connectivity index (χ2v) is 6.52. The van der Waals surface area contributed by atoms with Gasteiger partial charge in [0.2, 0.25) is 11.8 Å². The van der Waals surface area contributed by atoms with E-state index in [1.165, 1.54) is 0 Å². The van der Waals surface area contributed by atoms with Crippen LogP contribution in [-0.4, -0.2) is 24.9 Å². The van der Waals surface area contributed by atoms with E-state index in [4.69, 9.17) is 5.73 Å². The van der Waals surface area contributed by atoms with Gasteiger partial charge in [0.1, 0.15) is 0 Å². The van der Waals surface area contributed by atoms with E-state index in [0.29, 0.717) is 13.1 Å². The van der Waals surface area contributed by atoms with Crippen molar-refractivity contribution in [3.05, 3.63) is 59.7 Å². The molecule has 1 saturated heterocycles. The summed E-state index contributed by atoms with van der Waals surface area (Å²) < 4.78 is 0. The number of nitrogens with zero attached hydrogens (tertiary/aromatic N) is 1. The number of hydrogen-bond acceptors (Lipinski definition) is 3. The highest BCUT2D eigenvalue weighted by atomic mass is 35.5. The number of anilines is 2. The van der Waals surface area contributed by atoms with Crippen LogP contribution in [0.1, 0.15) is 17.5 Å². The minimum atomic E-state index is -0.291. The van der Waals surface area contributed by atoms with Crippen molar-refractivity contribution in [2.75, 3.05) is 23.7 Å². The fraction of sp³-hybridized carbons (Fsp3) is 0.300. The van der Waals surface area contributed by atoms with Crippen LogP contribution in [0.5, 0.6) is 0 Å². The summed E-state index contributed by atoms with van der Waals surface area (Å²) in [5.74, 6) is -0.346. The van der Waals surface area contributed by atoms with Gasteiger partial charge >= 0.3 is 0 Å². The van der Waals surface area contributed by atoms with E-state index in [0.717, 1.165) is 28.9 Å². The third-order valence-electron chi connectivity index (χ3n) is 4.53. The number of nitrogen functional groups attached to an aromatic ring is 1. The Hall–Kier alpha value is -2.53. The van der Waals surface area contributed by atoms with Gasteiger partial charge in [-0.1, -0.05) is 29.8 Å². The zero-order valence-corrected chi connectivity index (χ0v) is 15.6. The number of aryl methyl sites for hydroxylation is 1. The van der Waals surface area contributed by atoms with E-state index in [1.54, 1.807) is 4.90 Å². The van der Waals surface area contributed by atoms with Crippen molar-refractivity contribution in [1.29, 1.82) is 0 Å². The standard InChI is InChI=1S/C20H23N3O2.ClH/c1-14-2-8-18(9-3-14)23-13-16(12-19(23)24)20(25)22-11-10-15-4-6-17(21)7-5-15;/h2-9,16H,10-13,21H2,1H3,(H,22,25);1H. The number of halogens is 1. The van der Waals surface area contributed by atoms with Gasteiger partial charge in [0.05, 0.1) is 5.92 Å². The molecule has 26 heavy (non-hydrogen) atoms. The topological polar surface area (TPSA) is 75.4 Å². The molecule has 0 saturated carbocycles. The highest BCUT2D eigenvalue weighted by molar-refractivity contribution is 6.00. The molecule has 3 N–H and O–H groups in total. The number of rotatable bonds is 5. The van der Waals surface area contributed by atoms with Gasteiger partial charge in [-0.05, 0) is 43.2 Å². The van der Waals surface area contributed by atoms with Crippen LogP contribution in [-0.2, 0) is 16.0 Å². The minimum absolute atomic E-state index is 0. The van der Waals surface area contributed by atoms with Crippen LogP contribution in [0.2, 0.25) is 0 Å². The summed E-state index contributed by atoms with van der Waals surface area (Å²) in [5.41, 5.74) is 9.52. The summed E-state index contributed by atoms with van der Waals surface area (Å²) in [6.45, 7) is 3.00. The molecule has 3 rings (SSSR count). The lowest BCUT2D eigenvalue weighted by Gasteiger charge is -2.17. The Balaban J connectivity index is 0.00000243. The van der Waals surface area contributed by atoms with Crippen molar-refractivity contribution in [2.24, 2.45) is 5.92 Å². The van der Waals surface area contributed by atoms with E-state index in [-0.39, 0.29) is 36.6 Å². The normalized spacial score (nSPS) is 16.3. The Bertz CT molecular complexity index is 760.